The average Bonchev–Trinajstić information content (AvgIpc) is 3.32. The molecule has 3 heterocycles. The maximum Gasteiger partial charge on any atom is 0.254 e. The zero-order chi connectivity index (χ0) is 19.9. The lowest BCUT2D eigenvalue weighted by Crippen LogP contribution is -2.38. The van der Waals surface area contributed by atoms with E-state index in [2.05, 4.69) is 10.1 Å². The van der Waals surface area contributed by atoms with E-state index in [-0.39, 0.29) is 12.0 Å². The molecular weight excluding hydrogens is 380 g/mol. The summed E-state index contributed by atoms with van der Waals surface area (Å²) in [6, 6.07) is 7.57. The Hall–Kier alpha value is -2.35. The molecule has 8 heteroatoms. The topological polar surface area (TPSA) is 72.4 Å². The van der Waals surface area contributed by atoms with Crippen molar-refractivity contribution in [2.75, 3.05) is 13.2 Å². The molecule has 1 N–H and O–H groups in total. The average molecular weight is 403 g/mol. The van der Waals surface area contributed by atoms with E-state index in [0.717, 1.165) is 10.9 Å². The number of benzene rings is 1. The molecular formula is C20H23ClN4O3. The largest absolute Gasteiger partial charge is 0.361 e. The molecule has 1 aliphatic rings. The summed E-state index contributed by atoms with van der Waals surface area (Å²) in [5.74, 6) is -0.746. The van der Waals surface area contributed by atoms with Crippen molar-refractivity contribution >= 4 is 28.4 Å². The SMILES string of the molecule is Cn1cc(Cl)c(CN(CC2COC(C)(C)O2)C(=O)c2ccc3[nH]ccc3c2)n1. The van der Waals surface area contributed by atoms with Crippen LogP contribution in [0, 0.1) is 0 Å². The minimum absolute atomic E-state index is 0.0990. The van der Waals surface area contributed by atoms with E-state index in [9.17, 15) is 4.79 Å². The Morgan fingerprint density at radius 3 is 2.93 bits per heavy atom. The molecule has 1 fully saturated rings. The number of nitrogens with zero attached hydrogens (tertiary/aromatic N) is 3. The van der Waals surface area contributed by atoms with E-state index in [1.54, 1.807) is 22.8 Å². The third kappa shape index (κ3) is 3.92. The van der Waals surface area contributed by atoms with Gasteiger partial charge in [-0.3, -0.25) is 9.48 Å². The van der Waals surface area contributed by atoms with Crippen LogP contribution < -0.4 is 0 Å². The molecule has 2 aromatic heterocycles. The summed E-state index contributed by atoms with van der Waals surface area (Å²) in [5, 5.41) is 5.91. The van der Waals surface area contributed by atoms with Crippen molar-refractivity contribution in [3.8, 4) is 0 Å². The second kappa shape index (κ2) is 7.24. The molecule has 1 aromatic carbocycles. The summed E-state index contributed by atoms with van der Waals surface area (Å²) in [6.45, 7) is 4.86. The maximum atomic E-state index is 13.3. The summed E-state index contributed by atoms with van der Waals surface area (Å²) in [5.41, 5.74) is 2.25. The number of amides is 1. The number of ether oxygens (including phenoxy) is 2. The summed E-state index contributed by atoms with van der Waals surface area (Å²) in [6.07, 6.45) is 3.37. The minimum atomic E-state index is -0.647. The van der Waals surface area contributed by atoms with Crippen molar-refractivity contribution in [1.29, 1.82) is 0 Å². The molecule has 0 saturated carbocycles. The van der Waals surface area contributed by atoms with Crippen molar-refractivity contribution in [3.05, 3.63) is 52.9 Å². The molecule has 0 bridgehead atoms. The van der Waals surface area contributed by atoms with Gasteiger partial charge in [0, 0.05) is 35.9 Å². The standard InChI is InChI=1S/C20H23ClN4O3/c1-20(2)27-12-15(28-20)9-25(11-18-16(21)10-24(3)23-18)19(26)14-4-5-17-13(8-14)6-7-22-17/h4-8,10,15,22H,9,11-12H2,1-3H3. The van der Waals surface area contributed by atoms with Gasteiger partial charge in [0.2, 0.25) is 0 Å². The third-order valence-corrected chi connectivity index (χ3v) is 5.09. The van der Waals surface area contributed by atoms with E-state index in [0.29, 0.717) is 36.0 Å². The Kier molecular flexibility index (Phi) is 4.91. The Morgan fingerprint density at radius 2 is 2.25 bits per heavy atom. The fourth-order valence-electron chi connectivity index (χ4n) is 3.48. The number of rotatable bonds is 5. The number of fused-ring (bicyclic) bond motifs is 1. The highest BCUT2D eigenvalue weighted by Crippen LogP contribution is 2.25. The van der Waals surface area contributed by atoms with Gasteiger partial charge in [0.15, 0.2) is 5.79 Å². The van der Waals surface area contributed by atoms with E-state index in [1.165, 1.54) is 0 Å². The first-order chi connectivity index (χ1) is 13.3. The summed E-state index contributed by atoms with van der Waals surface area (Å²) < 4.78 is 13.2. The molecule has 1 unspecified atom stereocenters. The van der Waals surface area contributed by atoms with Gasteiger partial charge in [-0.25, -0.2) is 0 Å². The van der Waals surface area contributed by atoms with Crippen molar-refractivity contribution in [2.45, 2.75) is 32.3 Å². The maximum absolute atomic E-state index is 13.3. The zero-order valence-corrected chi connectivity index (χ0v) is 16.9. The lowest BCUT2D eigenvalue weighted by atomic mass is 10.1. The highest BCUT2D eigenvalue weighted by molar-refractivity contribution is 6.31. The van der Waals surface area contributed by atoms with E-state index in [1.807, 2.05) is 44.3 Å². The van der Waals surface area contributed by atoms with Gasteiger partial charge < -0.3 is 19.4 Å². The molecule has 1 amide bonds. The minimum Gasteiger partial charge on any atom is -0.361 e. The Bertz CT molecular complexity index is 1010. The molecule has 1 saturated heterocycles. The number of aromatic amines is 1. The van der Waals surface area contributed by atoms with Gasteiger partial charge in [-0.1, -0.05) is 11.6 Å². The second-order valence-corrected chi connectivity index (χ2v) is 7.92. The quantitative estimate of drug-likeness (QED) is 0.710. The third-order valence-electron chi connectivity index (χ3n) is 4.77. The molecule has 28 heavy (non-hydrogen) atoms. The van der Waals surface area contributed by atoms with Gasteiger partial charge in [0.1, 0.15) is 11.8 Å². The van der Waals surface area contributed by atoms with Crippen LogP contribution in [0.4, 0.5) is 0 Å². The first kappa shape index (κ1) is 19.0. The number of hydrogen-bond donors (Lipinski definition) is 1. The molecule has 7 nitrogen and oxygen atoms in total. The molecule has 1 aliphatic heterocycles. The van der Waals surface area contributed by atoms with Crippen LogP contribution in [0.15, 0.2) is 36.7 Å². The Morgan fingerprint density at radius 1 is 1.43 bits per heavy atom. The number of aromatic nitrogens is 3. The predicted octanol–water partition coefficient (Wildman–Crippen LogP) is 3.35. The monoisotopic (exact) mass is 402 g/mol. The molecule has 0 spiro atoms. The number of nitrogens with one attached hydrogen (secondary N) is 1. The fraction of sp³-hybridized carbons (Fsp3) is 0.400. The first-order valence-electron chi connectivity index (χ1n) is 9.17. The lowest BCUT2D eigenvalue weighted by molar-refractivity contribution is -0.139. The van der Waals surface area contributed by atoms with Crippen molar-refractivity contribution in [3.63, 3.8) is 0 Å². The van der Waals surface area contributed by atoms with Crippen LogP contribution in [0.5, 0.6) is 0 Å². The summed E-state index contributed by atoms with van der Waals surface area (Å²) in [7, 11) is 1.80. The highest BCUT2D eigenvalue weighted by atomic mass is 35.5. The van der Waals surface area contributed by atoms with Crippen molar-refractivity contribution in [2.24, 2.45) is 7.05 Å². The summed E-state index contributed by atoms with van der Waals surface area (Å²) >= 11 is 6.28. The number of carbonyl (C=O) groups excluding carboxylic acids is 1. The van der Waals surface area contributed by atoms with Gasteiger partial charge in [0.25, 0.3) is 5.91 Å². The highest BCUT2D eigenvalue weighted by Gasteiger charge is 2.35. The number of halogens is 1. The van der Waals surface area contributed by atoms with Crippen LogP contribution in [0.1, 0.15) is 29.9 Å². The number of H-pyrrole nitrogens is 1. The van der Waals surface area contributed by atoms with Crippen molar-refractivity contribution in [1.82, 2.24) is 19.7 Å². The molecule has 0 aliphatic carbocycles. The number of aryl methyl sites for hydroxylation is 1. The van der Waals surface area contributed by atoms with Gasteiger partial charge in [0.05, 0.1) is 24.7 Å². The van der Waals surface area contributed by atoms with Crippen LogP contribution in [0.25, 0.3) is 10.9 Å². The Labute approximate surface area is 168 Å². The van der Waals surface area contributed by atoms with E-state index < -0.39 is 5.79 Å². The Balaban J connectivity index is 1.60. The van der Waals surface area contributed by atoms with Gasteiger partial charge in [-0.2, -0.15) is 5.10 Å². The van der Waals surface area contributed by atoms with Crippen LogP contribution in [0.2, 0.25) is 5.02 Å². The number of hydrogen-bond acceptors (Lipinski definition) is 4. The zero-order valence-electron chi connectivity index (χ0n) is 16.1. The molecule has 3 aromatic rings. The van der Waals surface area contributed by atoms with Crippen LogP contribution >= 0.6 is 11.6 Å². The normalized spacial score (nSPS) is 18.6. The van der Waals surface area contributed by atoms with Crippen molar-refractivity contribution < 1.29 is 14.3 Å². The predicted molar refractivity (Wildman–Crippen MR) is 106 cm³/mol. The fourth-order valence-corrected chi connectivity index (χ4v) is 3.72. The molecule has 1 atom stereocenters. The summed E-state index contributed by atoms with van der Waals surface area (Å²) in [4.78, 5) is 18.2. The van der Waals surface area contributed by atoms with Crippen LogP contribution in [-0.4, -0.2) is 50.6 Å². The molecule has 148 valence electrons. The van der Waals surface area contributed by atoms with E-state index in [4.69, 9.17) is 21.1 Å². The number of carbonyl (C=O) groups is 1. The molecule has 0 radical (unpaired) electrons. The lowest BCUT2D eigenvalue weighted by Gasteiger charge is -2.25. The van der Waals surface area contributed by atoms with Crippen LogP contribution in [0.3, 0.4) is 0 Å². The molecule has 4 rings (SSSR count). The van der Waals surface area contributed by atoms with Crippen LogP contribution in [-0.2, 0) is 23.1 Å². The smallest absolute Gasteiger partial charge is 0.254 e. The van der Waals surface area contributed by atoms with Gasteiger partial charge in [-0.05, 0) is 38.1 Å². The van der Waals surface area contributed by atoms with Gasteiger partial charge in [-0.15, -0.1) is 0 Å². The first-order valence-corrected chi connectivity index (χ1v) is 9.55. The van der Waals surface area contributed by atoms with Gasteiger partial charge >= 0.3 is 0 Å². The second-order valence-electron chi connectivity index (χ2n) is 7.51. The van der Waals surface area contributed by atoms with E-state index >= 15 is 0 Å².